The topological polar surface area (TPSA) is 60.9 Å². The van der Waals surface area contributed by atoms with Crippen LogP contribution in [0.5, 0.6) is 0 Å². The van der Waals surface area contributed by atoms with Crippen LogP contribution in [0.2, 0.25) is 0 Å². The first-order chi connectivity index (χ1) is 8.02. The van der Waals surface area contributed by atoms with Crippen molar-refractivity contribution in [3.05, 3.63) is 12.7 Å². The van der Waals surface area contributed by atoms with Crippen molar-refractivity contribution in [2.75, 3.05) is 32.8 Å². The van der Waals surface area contributed by atoms with E-state index in [1.165, 1.54) is 8.61 Å². The zero-order valence-corrected chi connectivity index (χ0v) is 11.2. The van der Waals surface area contributed by atoms with Crippen LogP contribution < -0.4 is 0 Å². The highest BCUT2D eigenvalue weighted by molar-refractivity contribution is 7.86. The predicted octanol–water partition coefficient (Wildman–Crippen LogP) is 0.443. The lowest BCUT2D eigenvalue weighted by Gasteiger charge is -2.33. The van der Waals surface area contributed by atoms with Gasteiger partial charge in [-0.15, -0.1) is 6.58 Å². The Labute approximate surface area is 104 Å². The molecule has 0 saturated carbocycles. The monoisotopic (exact) mass is 262 g/mol. The van der Waals surface area contributed by atoms with E-state index in [1.54, 1.807) is 6.08 Å². The number of aliphatic hydroxyl groups excluding tert-OH is 1. The van der Waals surface area contributed by atoms with Crippen LogP contribution in [0.3, 0.4) is 0 Å². The van der Waals surface area contributed by atoms with Gasteiger partial charge in [-0.3, -0.25) is 0 Å². The van der Waals surface area contributed by atoms with E-state index in [-0.39, 0.29) is 19.7 Å². The summed E-state index contributed by atoms with van der Waals surface area (Å²) in [6.07, 6.45) is 3.52. The van der Waals surface area contributed by atoms with Gasteiger partial charge in [-0.2, -0.15) is 17.0 Å². The fourth-order valence-corrected chi connectivity index (χ4v) is 3.81. The van der Waals surface area contributed by atoms with Gasteiger partial charge in [-0.25, -0.2) is 0 Å². The number of aliphatic hydroxyl groups is 1. The molecule has 0 aromatic rings. The highest BCUT2D eigenvalue weighted by Gasteiger charge is 2.31. The summed E-state index contributed by atoms with van der Waals surface area (Å²) >= 11 is 0. The molecule has 0 radical (unpaired) electrons. The van der Waals surface area contributed by atoms with E-state index < -0.39 is 10.2 Å². The molecule has 100 valence electrons. The largest absolute Gasteiger partial charge is 0.395 e. The first-order valence-electron chi connectivity index (χ1n) is 5.99. The first-order valence-corrected chi connectivity index (χ1v) is 7.39. The highest BCUT2D eigenvalue weighted by Crippen LogP contribution is 2.20. The zero-order valence-electron chi connectivity index (χ0n) is 10.4. The Kier molecular flexibility index (Phi) is 5.58. The maximum absolute atomic E-state index is 12.3. The van der Waals surface area contributed by atoms with Crippen molar-refractivity contribution < 1.29 is 13.5 Å². The lowest BCUT2D eigenvalue weighted by atomic mass is 10.0. The standard InChI is InChI=1S/C11H22N2O3S/c1-3-6-12(8-9-14)17(15,16)13-7-4-5-11(2)10-13/h3,11,14H,1,4-10H2,2H3. The van der Waals surface area contributed by atoms with Crippen molar-refractivity contribution in [1.29, 1.82) is 0 Å². The van der Waals surface area contributed by atoms with E-state index in [0.29, 0.717) is 19.0 Å². The molecule has 0 aromatic carbocycles. The minimum Gasteiger partial charge on any atom is -0.395 e. The molecule has 0 aromatic heterocycles. The molecule has 1 saturated heterocycles. The van der Waals surface area contributed by atoms with Crippen LogP contribution in [-0.2, 0) is 10.2 Å². The Morgan fingerprint density at radius 2 is 2.29 bits per heavy atom. The highest BCUT2D eigenvalue weighted by atomic mass is 32.2. The van der Waals surface area contributed by atoms with Gasteiger partial charge in [0.15, 0.2) is 0 Å². The van der Waals surface area contributed by atoms with Crippen molar-refractivity contribution in [2.24, 2.45) is 5.92 Å². The molecule has 6 heteroatoms. The molecule has 1 aliphatic rings. The lowest BCUT2D eigenvalue weighted by molar-refractivity contribution is 0.233. The van der Waals surface area contributed by atoms with E-state index in [9.17, 15) is 8.42 Å². The van der Waals surface area contributed by atoms with Crippen LogP contribution in [-0.4, -0.2) is 54.9 Å². The molecule has 17 heavy (non-hydrogen) atoms. The SMILES string of the molecule is C=CCN(CCO)S(=O)(=O)N1CCCC(C)C1. The summed E-state index contributed by atoms with van der Waals surface area (Å²) in [5, 5.41) is 8.92. The third-order valence-electron chi connectivity index (χ3n) is 2.95. The number of hydrogen-bond acceptors (Lipinski definition) is 3. The van der Waals surface area contributed by atoms with Crippen LogP contribution in [0.15, 0.2) is 12.7 Å². The van der Waals surface area contributed by atoms with Gasteiger partial charge >= 0.3 is 0 Å². The van der Waals surface area contributed by atoms with Gasteiger partial charge in [0.05, 0.1) is 6.61 Å². The van der Waals surface area contributed by atoms with E-state index in [1.807, 2.05) is 0 Å². The van der Waals surface area contributed by atoms with Gasteiger partial charge in [0.1, 0.15) is 0 Å². The van der Waals surface area contributed by atoms with Crippen LogP contribution in [0, 0.1) is 5.92 Å². The van der Waals surface area contributed by atoms with Crippen molar-refractivity contribution in [3.63, 3.8) is 0 Å². The molecule has 1 aliphatic heterocycles. The molecule has 0 bridgehead atoms. The molecule has 0 spiro atoms. The van der Waals surface area contributed by atoms with Gasteiger partial charge in [0.25, 0.3) is 10.2 Å². The Morgan fingerprint density at radius 3 is 2.82 bits per heavy atom. The Balaban J connectivity index is 2.78. The second-order valence-corrected chi connectivity index (χ2v) is 6.41. The number of piperidine rings is 1. The molecule has 1 fully saturated rings. The molecular formula is C11H22N2O3S. The maximum Gasteiger partial charge on any atom is 0.282 e. The third-order valence-corrected chi connectivity index (χ3v) is 4.92. The molecule has 0 aliphatic carbocycles. The Bertz CT molecular complexity index is 343. The predicted molar refractivity (Wildman–Crippen MR) is 67.7 cm³/mol. The van der Waals surface area contributed by atoms with Gasteiger partial charge in [-0.1, -0.05) is 13.0 Å². The Hall–Kier alpha value is -0.430. The molecular weight excluding hydrogens is 240 g/mol. The minimum atomic E-state index is -3.45. The lowest BCUT2D eigenvalue weighted by Crippen LogP contribution is -2.48. The molecule has 1 heterocycles. The molecule has 0 amide bonds. The van der Waals surface area contributed by atoms with Crippen LogP contribution in [0.4, 0.5) is 0 Å². The summed E-state index contributed by atoms with van der Waals surface area (Å²) in [6.45, 7) is 6.96. The maximum atomic E-state index is 12.3. The normalized spacial score (nSPS) is 22.9. The smallest absolute Gasteiger partial charge is 0.282 e. The molecule has 1 atom stereocenters. The molecule has 1 rings (SSSR count). The second-order valence-electron chi connectivity index (χ2n) is 4.48. The fourth-order valence-electron chi connectivity index (χ4n) is 2.08. The van der Waals surface area contributed by atoms with E-state index in [4.69, 9.17) is 5.11 Å². The van der Waals surface area contributed by atoms with Crippen LogP contribution in [0.1, 0.15) is 19.8 Å². The van der Waals surface area contributed by atoms with Gasteiger partial charge in [-0.05, 0) is 18.8 Å². The molecule has 1 unspecified atom stereocenters. The molecule has 1 N–H and O–H groups in total. The van der Waals surface area contributed by atoms with Crippen molar-refractivity contribution in [2.45, 2.75) is 19.8 Å². The summed E-state index contributed by atoms with van der Waals surface area (Å²) in [4.78, 5) is 0. The van der Waals surface area contributed by atoms with Gasteiger partial charge in [0, 0.05) is 26.2 Å². The second kappa shape index (κ2) is 6.49. The van der Waals surface area contributed by atoms with E-state index in [2.05, 4.69) is 13.5 Å². The average Bonchev–Trinajstić information content (AvgIpc) is 2.29. The van der Waals surface area contributed by atoms with E-state index >= 15 is 0 Å². The summed E-state index contributed by atoms with van der Waals surface area (Å²) in [6, 6.07) is 0. The van der Waals surface area contributed by atoms with Gasteiger partial charge in [0.2, 0.25) is 0 Å². The number of rotatable bonds is 6. The average molecular weight is 262 g/mol. The summed E-state index contributed by atoms with van der Waals surface area (Å²) in [5.41, 5.74) is 0. The van der Waals surface area contributed by atoms with E-state index in [0.717, 1.165) is 12.8 Å². The fraction of sp³-hybridized carbons (Fsp3) is 0.818. The Morgan fingerprint density at radius 1 is 1.59 bits per heavy atom. The van der Waals surface area contributed by atoms with Crippen LogP contribution >= 0.6 is 0 Å². The van der Waals surface area contributed by atoms with Crippen molar-refractivity contribution in [1.82, 2.24) is 8.61 Å². The quantitative estimate of drug-likeness (QED) is 0.707. The third kappa shape index (κ3) is 3.77. The van der Waals surface area contributed by atoms with Crippen LogP contribution in [0.25, 0.3) is 0 Å². The number of nitrogens with zero attached hydrogens (tertiary/aromatic N) is 2. The zero-order chi connectivity index (χ0) is 12.9. The number of hydrogen-bond donors (Lipinski definition) is 1. The minimum absolute atomic E-state index is 0.124. The van der Waals surface area contributed by atoms with Gasteiger partial charge < -0.3 is 5.11 Å². The summed E-state index contributed by atoms with van der Waals surface area (Å²) < 4.78 is 27.4. The summed E-state index contributed by atoms with van der Waals surface area (Å²) in [5.74, 6) is 0.401. The van der Waals surface area contributed by atoms with Crippen molar-refractivity contribution >= 4 is 10.2 Å². The molecule has 5 nitrogen and oxygen atoms in total. The summed E-state index contributed by atoms with van der Waals surface area (Å²) in [7, 11) is -3.45. The first kappa shape index (κ1) is 14.6. The van der Waals surface area contributed by atoms with Crippen molar-refractivity contribution in [3.8, 4) is 0 Å².